The maximum Gasteiger partial charge on any atom is 0.255 e. The molecule has 6 heteroatoms. The van der Waals surface area contributed by atoms with Crippen LogP contribution in [0.2, 0.25) is 10.0 Å². The van der Waals surface area contributed by atoms with E-state index in [2.05, 4.69) is 21.2 Å². The smallest absolute Gasteiger partial charge is 0.255 e. The van der Waals surface area contributed by atoms with E-state index < -0.39 is 0 Å². The van der Waals surface area contributed by atoms with E-state index in [-0.39, 0.29) is 5.91 Å². The zero-order valence-electron chi connectivity index (χ0n) is 9.58. The van der Waals surface area contributed by atoms with Gasteiger partial charge >= 0.3 is 0 Å². The Morgan fingerprint density at radius 2 is 1.95 bits per heavy atom. The fourth-order valence-corrected chi connectivity index (χ4v) is 2.40. The Bertz CT molecular complexity index is 626. The Kier molecular flexibility index (Phi) is 4.34. The maximum atomic E-state index is 12.1. The summed E-state index contributed by atoms with van der Waals surface area (Å²) in [5.74, 6) is -0.308. The molecule has 0 spiro atoms. The predicted octanol–water partition coefficient (Wildman–Crippen LogP) is 4.59. The van der Waals surface area contributed by atoms with Crippen molar-refractivity contribution >= 4 is 56.4 Å². The molecular weight excluding hydrogens is 351 g/mol. The van der Waals surface area contributed by atoms with Gasteiger partial charge in [0.05, 0.1) is 15.7 Å². The molecule has 0 aliphatic heterocycles. The lowest BCUT2D eigenvalue weighted by Crippen LogP contribution is -2.12. The second-order valence-electron chi connectivity index (χ2n) is 3.83. The standard InChI is InChI=1S/C13H9BrCl2N2O/c14-8-4-7(5-9(17)6-8)13(19)18-11-3-1-2-10(15)12(11)16/h1-6H,17H2,(H,18,19). The fraction of sp³-hybridized carbons (Fsp3) is 0. The Morgan fingerprint density at radius 3 is 2.63 bits per heavy atom. The highest BCUT2D eigenvalue weighted by Gasteiger charge is 2.11. The number of carbonyl (C=O) groups is 1. The molecule has 2 aromatic rings. The molecular formula is C13H9BrCl2N2O. The average Bonchev–Trinajstić information content (AvgIpc) is 2.33. The first kappa shape index (κ1) is 14.2. The number of rotatable bonds is 2. The van der Waals surface area contributed by atoms with Crippen LogP contribution in [0.25, 0.3) is 0 Å². The highest BCUT2D eigenvalue weighted by atomic mass is 79.9. The van der Waals surface area contributed by atoms with Crippen molar-refractivity contribution in [1.82, 2.24) is 0 Å². The van der Waals surface area contributed by atoms with Crippen molar-refractivity contribution < 1.29 is 4.79 Å². The number of amides is 1. The molecule has 1 amide bonds. The third-order valence-corrected chi connectivity index (χ3v) is 3.66. The molecule has 19 heavy (non-hydrogen) atoms. The summed E-state index contributed by atoms with van der Waals surface area (Å²) < 4.78 is 0.731. The van der Waals surface area contributed by atoms with Gasteiger partial charge in [-0.1, -0.05) is 45.2 Å². The first-order chi connectivity index (χ1) is 8.97. The summed E-state index contributed by atoms with van der Waals surface area (Å²) in [6, 6.07) is 10.00. The molecule has 0 atom stereocenters. The number of halogens is 3. The van der Waals surface area contributed by atoms with Gasteiger partial charge in [0.25, 0.3) is 5.91 Å². The molecule has 0 aliphatic carbocycles. The summed E-state index contributed by atoms with van der Waals surface area (Å²) in [5.41, 5.74) is 7.07. The lowest BCUT2D eigenvalue weighted by Gasteiger charge is -2.09. The number of hydrogen-bond acceptors (Lipinski definition) is 2. The van der Waals surface area contributed by atoms with Crippen LogP contribution in [0.1, 0.15) is 10.4 Å². The largest absolute Gasteiger partial charge is 0.399 e. The molecule has 98 valence electrons. The fourth-order valence-electron chi connectivity index (χ4n) is 1.54. The van der Waals surface area contributed by atoms with Crippen LogP contribution in [-0.2, 0) is 0 Å². The van der Waals surface area contributed by atoms with E-state index in [4.69, 9.17) is 28.9 Å². The summed E-state index contributed by atoms with van der Waals surface area (Å²) >= 11 is 15.2. The van der Waals surface area contributed by atoms with Crippen LogP contribution in [0.15, 0.2) is 40.9 Å². The lowest BCUT2D eigenvalue weighted by molar-refractivity contribution is 0.102. The van der Waals surface area contributed by atoms with Crippen molar-refractivity contribution in [2.45, 2.75) is 0 Å². The third kappa shape index (κ3) is 3.41. The van der Waals surface area contributed by atoms with Crippen molar-refractivity contribution in [3.05, 3.63) is 56.5 Å². The monoisotopic (exact) mass is 358 g/mol. The van der Waals surface area contributed by atoms with E-state index in [1.807, 2.05) is 0 Å². The molecule has 3 N–H and O–H groups in total. The first-order valence-corrected chi connectivity index (χ1v) is 6.83. The minimum absolute atomic E-state index is 0.306. The molecule has 2 aromatic carbocycles. The highest BCUT2D eigenvalue weighted by molar-refractivity contribution is 9.10. The van der Waals surface area contributed by atoms with Crippen LogP contribution < -0.4 is 11.1 Å². The van der Waals surface area contributed by atoms with Gasteiger partial charge in [-0.15, -0.1) is 0 Å². The zero-order chi connectivity index (χ0) is 14.0. The van der Waals surface area contributed by atoms with Crippen LogP contribution in [0, 0.1) is 0 Å². The van der Waals surface area contributed by atoms with E-state index in [0.29, 0.717) is 27.0 Å². The molecule has 0 aliphatic rings. The lowest BCUT2D eigenvalue weighted by atomic mass is 10.2. The van der Waals surface area contributed by atoms with Crippen LogP contribution in [0.5, 0.6) is 0 Å². The summed E-state index contributed by atoms with van der Waals surface area (Å²) in [5, 5.41) is 3.38. The molecule has 0 unspecified atom stereocenters. The van der Waals surface area contributed by atoms with Gasteiger partial charge in [-0.25, -0.2) is 0 Å². The normalized spacial score (nSPS) is 10.3. The number of carbonyl (C=O) groups excluding carboxylic acids is 1. The van der Waals surface area contributed by atoms with Crippen molar-refractivity contribution in [3.8, 4) is 0 Å². The van der Waals surface area contributed by atoms with Gasteiger partial charge in [0.1, 0.15) is 0 Å². The molecule has 0 bridgehead atoms. The summed E-state index contributed by atoms with van der Waals surface area (Å²) in [6.07, 6.45) is 0. The summed E-state index contributed by atoms with van der Waals surface area (Å²) in [7, 11) is 0. The number of nitrogens with one attached hydrogen (secondary N) is 1. The van der Waals surface area contributed by atoms with E-state index in [9.17, 15) is 4.79 Å². The Labute approximate surface area is 128 Å². The van der Waals surface area contributed by atoms with Gasteiger partial charge in [0.15, 0.2) is 0 Å². The number of nitrogen functional groups attached to an aromatic ring is 1. The number of anilines is 2. The second-order valence-corrected chi connectivity index (χ2v) is 5.53. The first-order valence-electron chi connectivity index (χ1n) is 5.29. The number of hydrogen-bond donors (Lipinski definition) is 2. The van der Waals surface area contributed by atoms with Crippen molar-refractivity contribution in [2.75, 3.05) is 11.1 Å². The van der Waals surface area contributed by atoms with Crippen LogP contribution in [0.4, 0.5) is 11.4 Å². The molecule has 0 saturated heterocycles. The van der Waals surface area contributed by atoms with E-state index in [0.717, 1.165) is 4.47 Å². The summed E-state index contributed by atoms with van der Waals surface area (Å²) in [6.45, 7) is 0. The molecule has 0 fully saturated rings. The molecule has 0 saturated carbocycles. The van der Waals surface area contributed by atoms with E-state index in [1.54, 1.807) is 36.4 Å². The maximum absolute atomic E-state index is 12.1. The SMILES string of the molecule is Nc1cc(Br)cc(C(=O)Nc2cccc(Cl)c2Cl)c1. The molecule has 2 rings (SSSR count). The topological polar surface area (TPSA) is 55.1 Å². The quantitative estimate of drug-likeness (QED) is 0.770. The third-order valence-electron chi connectivity index (χ3n) is 2.38. The molecule has 3 nitrogen and oxygen atoms in total. The second kappa shape index (κ2) is 5.82. The molecule has 0 radical (unpaired) electrons. The minimum atomic E-state index is -0.308. The Morgan fingerprint density at radius 1 is 1.21 bits per heavy atom. The van der Waals surface area contributed by atoms with E-state index >= 15 is 0 Å². The average molecular weight is 360 g/mol. The number of benzene rings is 2. The molecule has 0 heterocycles. The van der Waals surface area contributed by atoms with Gasteiger partial charge in [-0.2, -0.15) is 0 Å². The predicted molar refractivity (Wildman–Crippen MR) is 83.0 cm³/mol. The van der Waals surface area contributed by atoms with Crippen LogP contribution in [0.3, 0.4) is 0 Å². The molecule has 0 aromatic heterocycles. The van der Waals surface area contributed by atoms with Crippen molar-refractivity contribution in [1.29, 1.82) is 0 Å². The van der Waals surface area contributed by atoms with Crippen LogP contribution in [-0.4, -0.2) is 5.91 Å². The minimum Gasteiger partial charge on any atom is -0.399 e. The highest BCUT2D eigenvalue weighted by Crippen LogP contribution is 2.30. The van der Waals surface area contributed by atoms with Gasteiger partial charge < -0.3 is 11.1 Å². The van der Waals surface area contributed by atoms with Gasteiger partial charge in [0.2, 0.25) is 0 Å². The van der Waals surface area contributed by atoms with E-state index in [1.165, 1.54) is 0 Å². The van der Waals surface area contributed by atoms with Gasteiger partial charge in [-0.05, 0) is 30.3 Å². The Balaban J connectivity index is 2.28. The Hall–Kier alpha value is -1.23. The van der Waals surface area contributed by atoms with Gasteiger partial charge in [-0.3, -0.25) is 4.79 Å². The zero-order valence-corrected chi connectivity index (χ0v) is 12.7. The van der Waals surface area contributed by atoms with Crippen molar-refractivity contribution in [3.63, 3.8) is 0 Å². The van der Waals surface area contributed by atoms with Crippen LogP contribution >= 0.6 is 39.1 Å². The van der Waals surface area contributed by atoms with Crippen molar-refractivity contribution in [2.24, 2.45) is 0 Å². The van der Waals surface area contributed by atoms with Gasteiger partial charge in [0, 0.05) is 15.7 Å². The summed E-state index contributed by atoms with van der Waals surface area (Å²) in [4.78, 5) is 12.1. The number of nitrogens with two attached hydrogens (primary N) is 1.